The maximum atomic E-state index is 12.7. The van der Waals surface area contributed by atoms with Gasteiger partial charge in [0.1, 0.15) is 0 Å². The smallest absolute Gasteiger partial charge is 0.334 e. The first-order valence-corrected chi connectivity index (χ1v) is 8.76. The van der Waals surface area contributed by atoms with Crippen LogP contribution in [0.2, 0.25) is 0 Å². The van der Waals surface area contributed by atoms with E-state index in [2.05, 4.69) is 15.1 Å². The van der Waals surface area contributed by atoms with Crippen molar-refractivity contribution in [1.29, 1.82) is 0 Å². The molecule has 1 atom stereocenters. The Balaban J connectivity index is 1.82. The normalized spacial score (nSPS) is 17.2. The number of carbonyl (C=O) groups is 2. The number of carboxylic acids is 1. The minimum absolute atomic E-state index is 0.0561. The Morgan fingerprint density at radius 1 is 1.22 bits per heavy atom. The summed E-state index contributed by atoms with van der Waals surface area (Å²) in [6.07, 6.45) is -0.828. The SMILES string of the molecule is Cc1cc(C)nc(-n2nc(C)c(CC(=O)N3CCO[C@@H](C(=O)O)C3)c2C)n1. The lowest BCUT2D eigenvalue weighted by molar-refractivity contribution is -0.159. The summed E-state index contributed by atoms with van der Waals surface area (Å²) in [6.45, 7) is 8.17. The first kappa shape index (κ1) is 19.0. The van der Waals surface area contributed by atoms with Crippen molar-refractivity contribution < 1.29 is 19.4 Å². The van der Waals surface area contributed by atoms with Gasteiger partial charge >= 0.3 is 5.97 Å². The van der Waals surface area contributed by atoms with Crippen LogP contribution in [0.1, 0.15) is 28.3 Å². The lowest BCUT2D eigenvalue weighted by atomic mass is 10.1. The van der Waals surface area contributed by atoms with Gasteiger partial charge in [0.25, 0.3) is 5.95 Å². The van der Waals surface area contributed by atoms with Crippen molar-refractivity contribution in [2.24, 2.45) is 0 Å². The van der Waals surface area contributed by atoms with Gasteiger partial charge in [-0.25, -0.2) is 19.4 Å². The average molecular weight is 373 g/mol. The zero-order valence-electron chi connectivity index (χ0n) is 15.9. The number of hydrogen-bond acceptors (Lipinski definition) is 6. The lowest BCUT2D eigenvalue weighted by Crippen LogP contribution is -2.49. The monoisotopic (exact) mass is 373 g/mol. The summed E-state index contributed by atoms with van der Waals surface area (Å²) >= 11 is 0. The number of rotatable bonds is 4. The summed E-state index contributed by atoms with van der Waals surface area (Å²) < 4.78 is 6.83. The number of carboxylic acid groups (broad SMARTS) is 1. The zero-order valence-corrected chi connectivity index (χ0v) is 15.9. The number of morpholine rings is 1. The Morgan fingerprint density at radius 3 is 2.52 bits per heavy atom. The Hall–Kier alpha value is -2.81. The van der Waals surface area contributed by atoms with Gasteiger partial charge in [-0.3, -0.25) is 4.79 Å². The molecule has 0 aliphatic carbocycles. The van der Waals surface area contributed by atoms with E-state index in [0.29, 0.717) is 12.5 Å². The van der Waals surface area contributed by atoms with Gasteiger partial charge in [0.15, 0.2) is 6.10 Å². The number of ether oxygens (including phenoxy) is 1. The van der Waals surface area contributed by atoms with Crippen molar-refractivity contribution in [3.05, 3.63) is 34.4 Å². The fourth-order valence-electron chi connectivity index (χ4n) is 3.22. The van der Waals surface area contributed by atoms with E-state index in [1.165, 1.54) is 4.90 Å². The third kappa shape index (κ3) is 3.97. The van der Waals surface area contributed by atoms with E-state index in [-0.39, 0.29) is 25.5 Å². The average Bonchev–Trinajstić information content (AvgIpc) is 2.89. The Kier molecular flexibility index (Phi) is 5.22. The molecule has 1 aliphatic heterocycles. The molecule has 2 aromatic heterocycles. The second kappa shape index (κ2) is 7.43. The van der Waals surface area contributed by atoms with Crippen LogP contribution in [0.5, 0.6) is 0 Å². The summed E-state index contributed by atoms with van der Waals surface area (Å²) in [6, 6.07) is 1.89. The van der Waals surface area contributed by atoms with Crippen LogP contribution in [-0.4, -0.2) is 67.4 Å². The lowest BCUT2D eigenvalue weighted by Gasteiger charge is -2.31. The van der Waals surface area contributed by atoms with Crippen LogP contribution in [0, 0.1) is 27.7 Å². The van der Waals surface area contributed by atoms with Crippen molar-refractivity contribution in [2.75, 3.05) is 19.7 Å². The molecule has 9 heteroatoms. The minimum Gasteiger partial charge on any atom is -0.479 e. The summed E-state index contributed by atoms with van der Waals surface area (Å²) in [7, 11) is 0. The van der Waals surface area contributed by atoms with Crippen LogP contribution in [0.4, 0.5) is 0 Å². The van der Waals surface area contributed by atoms with E-state index in [0.717, 1.165) is 28.3 Å². The van der Waals surface area contributed by atoms with Gasteiger partial charge in [0, 0.05) is 29.2 Å². The zero-order chi connectivity index (χ0) is 19.7. The Labute approximate surface area is 157 Å². The standard InChI is InChI=1S/C18H23N5O4/c1-10-7-11(2)20-18(19-10)23-13(4)14(12(3)21-23)8-16(24)22-5-6-27-15(9-22)17(25)26/h7,15H,5-6,8-9H2,1-4H3,(H,25,26)/t15-/m1/s1. The molecule has 27 heavy (non-hydrogen) atoms. The Bertz CT molecular complexity index is 872. The molecular weight excluding hydrogens is 350 g/mol. The molecule has 1 fully saturated rings. The van der Waals surface area contributed by atoms with Crippen molar-refractivity contribution in [3.63, 3.8) is 0 Å². The predicted molar refractivity (Wildman–Crippen MR) is 95.8 cm³/mol. The molecule has 1 amide bonds. The highest BCUT2D eigenvalue weighted by atomic mass is 16.5. The molecule has 0 spiro atoms. The highest BCUT2D eigenvalue weighted by molar-refractivity contribution is 5.81. The molecule has 0 aromatic carbocycles. The van der Waals surface area contributed by atoms with Gasteiger partial charge in [0.05, 0.1) is 25.3 Å². The minimum atomic E-state index is -1.06. The summed E-state index contributed by atoms with van der Waals surface area (Å²) in [5, 5.41) is 13.6. The third-order valence-electron chi connectivity index (χ3n) is 4.62. The molecule has 0 bridgehead atoms. The van der Waals surface area contributed by atoms with E-state index in [1.54, 1.807) is 4.68 Å². The van der Waals surface area contributed by atoms with Crippen molar-refractivity contribution in [1.82, 2.24) is 24.6 Å². The number of hydrogen-bond donors (Lipinski definition) is 1. The molecule has 9 nitrogen and oxygen atoms in total. The molecule has 0 saturated carbocycles. The van der Waals surface area contributed by atoms with E-state index >= 15 is 0 Å². The molecule has 1 N–H and O–H groups in total. The molecule has 3 rings (SSSR count). The second-order valence-corrected chi connectivity index (χ2v) is 6.73. The first-order chi connectivity index (χ1) is 12.8. The molecule has 0 unspecified atom stereocenters. The number of carbonyl (C=O) groups excluding carboxylic acids is 1. The summed E-state index contributed by atoms with van der Waals surface area (Å²) in [5.74, 6) is -0.722. The van der Waals surface area contributed by atoms with E-state index in [4.69, 9.17) is 9.84 Å². The summed E-state index contributed by atoms with van der Waals surface area (Å²) in [4.78, 5) is 34.2. The van der Waals surface area contributed by atoms with E-state index < -0.39 is 12.1 Å². The second-order valence-electron chi connectivity index (χ2n) is 6.73. The van der Waals surface area contributed by atoms with Crippen LogP contribution in [0.25, 0.3) is 5.95 Å². The number of amides is 1. The van der Waals surface area contributed by atoms with Gasteiger partial charge in [-0.2, -0.15) is 5.10 Å². The van der Waals surface area contributed by atoms with Crippen LogP contribution in [-0.2, 0) is 20.7 Å². The Morgan fingerprint density at radius 2 is 1.89 bits per heavy atom. The van der Waals surface area contributed by atoms with Crippen LogP contribution >= 0.6 is 0 Å². The quantitative estimate of drug-likeness (QED) is 0.842. The maximum Gasteiger partial charge on any atom is 0.334 e. The highest BCUT2D eigenvalue weighted by Gasteiger charge is 2.30. The fraction of sp³-hybridized carbons (Fsp3) is 0.500. The number of aliphatic carboxylic acids is 1. The van der Waals surface area contributed by atoms with Crippen LogP contribution in [0.15, 0.2) is 6.07 Å². The fourth-order valence-corrected chi connectivity index (χ4v) is 3.22. The molecule has 0 radical (unpaired) electrons. The molecule has 3 heterocycles. The molecule has 2 aromatic rings. The van der Waals surface area contributed by atoms with Gasteiger partial charge in [-0.05, 0) is 33.8 Å². The number of aryl methyl sites for hydroxylation is 3. The predicted octanol–water partition coefficient (Wildman–Crippen LogP) is 0.750. The summed E-state index contributed by atoms with van der Waals surface area (Å²) in [5.41, 5.74) is 4.02. The number of nitrogens with zero attached hydrogens (tertiary/aromatic N) is 5. The van der Waals surface area contributed by atoms with Crippen molar-refractivity contribution >= 4 is 11.9 Å². The van der Waals surface area contributed by atoms with Crippen LogP contribution in [0.3, 0.4) is 0 Å². The van der Waals surface area contributed by atoms with Gasteiger partial charge in [-0.1, -0.05) is 0 Å². The van der Waals surface area contributed by atoms with Gasteiger partial charge in [-0.15, -0.1) is 0 Å². The van der Waals surface area contributed by atoms with E-state index in [1.807, 2.05) is 33.8 Å². The van der Waals surface area contributed by atoms with Crippen molar-refractivity contribution in [2.45, 2.75) is 40.2 Å². The largest absolute Gasteiger partial charge is 0.479 e. The maximum absolute atomic E-state index is 12.7. The highest BCUT2D eigenvalue weighted by Crippen LogP contribution is 2.19. The topological polar surface area (TPSA) is 110 Å². The number of aromatic nitrogens is 4. The molecule has 144 valence electrons. The third-order valence-corrected chi connectivity index (χ3v) is 4.62. The van der Waals surface area contributed by atoms with E-state index in [9.17, 15) is 9.59 Å². The van der Waals surface area contributed by atoms with Crippen LogP contribution < -0.4 is 0 Å². The van der Waals surface area contributed by atoms with Gasteiger partial charge < -0.3 is 14.7 Å². The van der Waals surface area contributed by atoms with Gasteiger partial charge in [0.2, 0.25) is 5.91 Å². The van der Waals surface area contributed by atoms with Crippen molar-refractivity contribution in [3.8, 4) is 5.95 Å². The molecule has 1 aliphatic rings. The molecular formula is C18H23N5O4. The first-order valence-electron chi connectivity index (χ1n) is 8.76. The molecule has 1 saturated heterocycles.